The smallest absolute Gasteiger partial charge is 0.263 e. The molecule has 0 aliphatic carbocycles. The number of nitrogens with zero attached hydrogens (tertiary/aromatic N) is 1. The molecule has 1 fully saturated rings. The van der Waals surface area contributed by atoms with Gasteiger partial charge in [-0.15, -0.1) is 0 Å². The number of nitriles is 1. The third-order valence-electron chi connectivity index (χ3n) is 2.33. The van der Waals surface area contributed by atoms with E-state index >= 15 is 0 Å². The normalized spacial score (nSPS) is 20.2. The Kier molecular flexibility index (Phi) is 5.37. The summed E-state index contributed by atoms with van der Waals surface area (Å²) in [7, 11) is 0. The van der Waals surface area contributed by atoms with Crippen LogP contribution in [0.5, 0.6) is 0 Å². The van der Waals surface area contributed by atoms with Crippen LogP contribution in [0.2, 0.25) is 0 Å². The van der Waals surface area contributed by atoms with Gasteiger partial charge in [-0.25, -0.2) is 0 Å². The van der Waals surface area contributed by atoms with Gasteiger partial charge in [-0.3, -0.25) is 4.79 Å². The molecular weight excluding hydrogens is 206 g/mol. The molecule has 2 N–H and O–H groups in total. The third kappa shape index (κ3) is 3.91. The summed E-state index contributed by atoms with van der Waals surface area (Å²) in [6, 6.07) is 1.86. The molecule has 0 radical (unpaired) electrons. The molecule has 88 valence electrons. The number of rotatable bonds is 5. The molecule has 1 atom stereocenters. The highest BCUT2D eigenvalue weighted by atomic mass is 16.5. The molecule has 0 aromatic heterocycles. The van der Waals surface area contributed by atoms with Gasteiger partial charge in [0.2, 0.25) is 0 Å². The Morgan fingerprint density at radius 3 is 3.06 bits per heavy atom. The minimum Gasteiger partial charge on any atom is -0.390 e. The van der Waals surface area contributed by atoms with E-state index in [9.17, 15) is 4.79 Å². The van der Waals surface area contributed by atoms with E-state index in [4.69, 9.17) is 10.00 Å². The molecule has 1 unspecified atom stereocenters. The van der Waals surface area contributed by atoms with Gasteiger partial charge in [-0.2, -0.15) is 5.26 Å². The molecule has 1 aliphatic heterocycles. The molecule has 1 aliphatic rings. The van der Waals surface area contributed by atoms with Crippen molar-refractivity contribution < 1.29 is 9.53 Å². The fourth-order valence-corrected chi connectivity index (χ4v) is 1.46. The number of carbonyl (C=O) groups is 1. The second-order valence-electron chi connectivity index (χ2n) is 3.57. The molecule has 0 aromatic carbocycles. The highest BCUT2D eigenvalue weighted by Gasteiger charge is 2.17. The van der Waals surface area contributed by atoms with Gasteiger partial charge in [0, 0.05) is 25.9 Å². The van der Waals surface area contributed by atoms with Crippen LogP contribution in [-0.4, -0.2) is 31.7 Å². The van der Waals surface area contributed by atoms with E-state index < -0.39 is 0 Å². The zero-order valence-corrected chi connectivity index (χ0v) is 9.45. The molecule has 5 heteroatoms. The first-order valence-electron chi connectivity index (χ1n) is 5.51. The van der Waals surface area contributed by atoms with Crippen LogP contribution < -0.4 is 10.6 Å². The Labute approximate surface area is 95.5 Å². The van der Waals surface area contributed by atoms with Gasteiger partial charge in [-0.1, -0.05) is 0 Å². The lowest BCUT2D eigenvalue weighted by atomic mass is 10.2. The first kappa shape index (κ1) is 12.5. The first-order chi connectivity index (χ1) is 7.77. The Hall–Kier alpha value is -1.54. The maximum absolute atomic E-state index is 11.5. The second kappa shape index (κ2) is 6.85. The zero-order chi connectivity index (χ0) is 11.8. The number of hydrogen-bond donors (Lipinski definition) is 2. The van der Waals surface area contributed by atoms with Crippen LogP contribution in [0.25, 0.3) is 0 Å². The molecule has 1 amide bonds. The summed E-state index contributed by atoms with van der Waals surface area (Å²) in [4.78, 5) is 11.5. The summed E-state index contributed by atoms with van der Waals surface area (Å²) in [5.41, 5.74) is 0.0971. The maximum atomic E-state index is 11.5. The van der Waals surface area contributed by atoms with Crippen molar-refractivity contribution in [1.29, 1.82) is 5.26 Å². The molecule has 1 saturated heterocycles. The average Bonchev–Trinajstić information content (AvgIpc) is 2.80. The minimum absolute atomic E-state index is 0.0971. The molecule has 0 bridgehead atoms. The molecule has 0 saturated carbocycles. The highest BCUT2D eigenvalue weighted by molar-refractivity contribution is 5.97. The fourth-order valence-electron chi connectivity index (χ4n) is 1.46. The van der Waals surface area contributed by atoms with E-state index in [1.807, 2.05) is 13.0 Å². The van der Waals surface area contributed by atoms with Gasteiger partial charge >= 0.3 is 0 Å². The lowest BCUT2D eigenvalue weighted by Gasteiger charge is -2.10. The second-order valence-corrected chi connectivity index (χ2v) is 3.57. The van der Waals surface area contributed by atoms with Gasteiger partial charge in [-0.05, 0) is 19.8 Å². The van der Waals surface area contributed by atoms with Crippen molar-refractivity contribution in [3.8, 4) is 6.07 Å². The van der Waals surface area contributed by atoms with Crippen LogP contribution in [0.4, 0.5) is 0 Å². The predicted molar refractivity (Wildman–Crippen MR) is 59.4 cm³/mol. The highest BCUT2D eigenvalue weighted by Crippen LogP contribution is 2.10. The number of amides is 1. The summed E-state index contributed by atoms with van der Waals surface area (Å²) in [6.45, 7) is 3.82. The molecular formula is C11H17N3O2. The van der Waals surface area contributed by atoms with E-state index in [0.717, 1.165) is 19.4 Å². The number of carbonyl (C=O) groups excluding carboxylic acids is 1. The summed E-state index contributed by atoms with van der Waals surface area (Å²) >= 11 is 0. The quantitative estimate of drug-likeness (QED) is 0.519. The van der Waals surface area contributed by atoms with E-state index in [1.165, 1.54) is 6.20 Å². The Morgan fingerprint density at radius 2 is 2.50 bits per heavy atom. The van der Waals surface area contributed by atoms with Gasteiger partial charge in [0.05, 0.1) is 6.10 Å². The molecule has 0 aromatic rings. The van der Waals surface area contributed by atoms with Crippen LogP contribution in [0.15, 0.2) is 11.8 Å². The van der Waals surface area contributed by atoms with Crippen molar-refractivity contribution >= 4 is 5.91 Å². The summed E-state index contributed by atoms with van der Waals surface area (Å²) in [6.07, 6.45) is 3.55. The minimum atomic E-state index is -0.348. The van der Waals surface area contributed by atoms with Crippen LogP contribution in [-0.2, 0) is 9.53 Å². The van der Waals surface area contributed by atoms with Crippen molar-refractivity contribution in [2.75, 3.05) is 19.7 Å². The Balaban J connectivity index is 2.34. The van der Waals surface area contributed by atoms with Crippen molar-refractivity contribution in [2.24, 2.45) is 0 Å². The van der Waals surface area contributed by atoms with E-state index in [-0.39, 0.29) is 17.6 Å². The van der Waals surface area contributed by atoms with Crippen LogP contribution in [0.1, 0.15) is 19.8 Å². The maximum Gasteiger partial charge on any atom is 0.263 e. The topological polar surface area (TPSA) is 74.2 Å². The van der Waals surface area contributed by atoms with Gasteiger partial charge in [0.1, 0.15) is 11.6 Å². The summed E-state index contributed by atoms with van der Waals surface area (Å²) < 4.78 is 5.37. The lowest BCUT2D eigenvalue weighted by molar-refractivity contribution is -0.117. The molecule has 1 heterocycles. The number of nitrogens with one attached hydrogen (secondary N) is 2. The first-order valence-corrected chi connectivity index (χ1v) is 5.51. The lowest BCUT2D eigenvalue weighted by Crippen LogP contribution is -2.32. The average molecular weight is 223 g/mol. The van der Waals surface area contributed by atoms with Crippen LogP contribution >= 0.6 is 0 Å². The summed E-state index contributed by atoms with van der Waals surface area (Å²) in [5.74, 6) is -0.348. The summed E-state index contributed by atoms with van der Waals surface area (Å²) in [5, 5.41) is 14.3. The largest absolute Gasteiger partial charge is 0.390 e. The fraction of sp³-hybridized carbons (Fsp3) is 0.636. The zero-order valence-electron chi connectivity index (χ0n) is 9.45. The number of ether oxygens (including phenoxy) is 1. The number of hydrogen-bond acceptors (Lipinski definition) is 4. The van der Waals surface area contributed by atoms with Crippen LogP contribution in [0.3, 0.4) is 0 Å². The van der Waals surface area contributed by atoms with Crippen LogP contribution in [0, 0.1) is 11.3 Å². The van der Waals surface area contributed by atoms with Crippen molar-refractivity contribution in [1.82, 2.24) is 10.6 Å². The van der Waals surface area contributed by atoms with Crippen molar-refractivity contribution in [3.63, 3.8) is 0 Å². The molecule has 0 spiro atoms. The van der Waals surface area contributed by atoms with Gasteiger partial charge < -0.3 is 15.4 Å². The third-order valence-corrected chi connectivity index (χ3v) is 2.33. The Morgan fingerprint density at radius 1 is 1.69 bits per heavy atom. The Bertz CT molecular complexity index is 301. The molecule has 5 nitrogen and oxygen atoms in total. The van der Waals surface area contributed by atoms with Crippen molar-refractivity contribution in [3.05, 3.63) is 11.8 Å². The van der Waals surface area contributed by atoms with E-state index in [1.54, 1.807) is 0 Å². The van der Waals surface area contributed by atoms with Gasteiger partial charge in [0.15, 0.2) is 0 Å². The monoisotopic (exact) mass is 223 g/mol. The standard InChI is InChI=1S/C11H17N3O2/c1-2-13-7-9(6-12)11(15)14-8-10-4-3-5-16-10/h7,10,13H,2-5,8H2,1H3,(H,14,15)/b9-7-. The van der Waals surface area contributed by atoms with E-state index in [2.05, 4.69) is 10.6 Å². The van der Waals surface area contributed by atoms with Crippen molar-refractivity contribution in [2.45, 2.75) is 25.9 Å². The van der Waals surface area contributed by atoms with E-state index in [0.29, 0.717) is 13.1 Å². The predicted octanol–water partition coefficient (Wildman–Crippen LogP) is 0.299. The molecule has 16 heavy (non-hydrogen) atoms. The molecule has 1 rings (SSSR count). The SMILES string of the molecule is CCN/C=C(/C#N)C(=O)NCC1CCCO1. The van der Waals surface area contributed by atoms with Gasteiger partial charge in [0.25, 0.3) is 5.91 Å².